The molecule has 0 unspecified atom stereocenters. The maximum atomic E-state index is 12.1. The lowest BCUT2D eigenvalue weighted by atomic mass is 10.0. The molecule has 0 aliphatic heterocycles. The molecule has 0 radical (unpaired) electrons. The van der Waals surface area contributed by atoms with Crippen LogP contribution in [-0.4, -0.2) is 25.0 Å². The molecule has 5 nitrogen and oxygen atoms in total. The average Bonchev–Trinajstić information content (AvgIpc) is 3.03. The Morgan fingerprint density at radius 1 is 1.27 bits per heavy atom. The summed E-state index contributed by atoms with van der Waals surface area (Å²) in [6, 6.07) is 6.77. The molecule has 22 heavy (non-hydrogen) atoms. The molecule has 1 aliphatic carbocycles. The van der Waals surface area contributed by atoms with Crippen molar-refractivity contribution in [2.24, 2.45) is 11.7 Å². The van der Waals surface area contributed by atoms with Crippen LogP contribution < -0.4 is 15.8 Å². The number of nitrogens with two attached hydrogens (primary N) is 1. The standard InChI is InChI=1S/C17H24N2O3/c18-16(20)12-22-15-9-3-8-14(11-15)17(21)19-10-4-7-13-5-1-2-6-13/h3,8-9,11,13H,1-2,4-7,10,12H2,(H2,18,20)(H,19,21). The van der Waals surface area contributed by atoms with E-state index in [0.717, 1.165) is 12.3 Å². The molecule has 120 valence electrons. The minimum absolute atomic E-state index is 0.115. The van der Waals surface area contributed by atoms with Crippen molar-refractivity contribution in [2.45, 2.75) is 38.5 Å². The number of nitrogens with one attached hydrogen (secondary N) is 1. The van der Waals surface area contributed by atoms with Crippen molar-refractivity contribution in [3.63, 3.8) is 0 Å². The van der Waals surface area contributed by atoms with Crippen LogP contribution in [0.2, 0.25) is 0 Å². The minimum Gasteiger partial charge on any atom is -0.484 e. The quantitative estimate of drug-likeness (QED) is 0.723. The maximum Gasteiger partial charge on any atom is 0.255 e. The number of rotatable bonds is 8. The Hall–Kier alpha value is -2.04. The number of carbonyl (C=O) groups excluding carboxylic acids is 2. The fourth-order valence-electron chi connectivity index (χ4n) is 2.88. The van der Waals surface area contributed by atoms with Crippen LogP contribution in [0.25, 0.3) is 0 Å². The lowest BCUT2D eigenvalue weighted by molar-refractivity contribution is -0.119. The summed E-state index contributed by atoms with van der Waals surface area (Å²) in [7, 11) is 0. The summed E-state index contributed by atoms with van der Waals surface area (Å²) in [5.41, 5.74) is 5.56. The second-order valence-electron chi connectivity index (χ2n) is 5.83. The van der Waals surface area contributed by atoms with Crippen LogP contribution >= 0.6 is 0 Å². The van der Waals surface area contributed by atoms with Crippen molar-refractivity contribution in [3.05, 3.63) is 29.8 Å². The molecular weight excluding hydrogens is 280 g/mol. The fourth-order valence-corrected chi connectivity index (χ4v) is 2.88. The molecule has 3 N–H and O–H groups in total. The summed E-state index contributed by atoms with van der Waals surface area (Å²) in [6.07, 6.45) is 7.61. The highest BCUT2D eigenvalue weighted by molar-refractivity contribution is 5.94. The smallest absolute Gasteiger partial charge is 0.255 e. The summed E-state index contributed by atoms with van der Waals surface area (Å²) in [6.45, 7) is 0.508. The Balaban J connectivity index is 1.74. The van der Waals surface area contributed by atoms with Gasteiger partial charge in [0.1, 0.15) is 5.75 Å². The fraction of sp³-hybridized carbons (Fsp3) is 0.529. The van der Waals surface area contributed by atoms with Gasteiger partial charge in [-0.2, -0.15) is 0 Å². The number of primary amides is 1. The van der Waals surface area contributed by atoms with Crippen LogP contribution in [0.4, 0.5) is 0 Å². The Kier molecular flexibility index (Phi) is 6.25. The molecule has 0 aromatic heterocycles. The van der Waals surface area contributed by atoms with Crippen LogP contribution in [-0.2, 0) is 4.79 Å². The normalized spacial score (nSPS) is 14.7. The Morgan fingerprint density at radius 3 is 2.77 bits per heavy atom. The van der Waals surface area contributed by atoms with E-state index in [1.54, 1.807) is 24.3 Å². The zero-order valence-corrected chi connectivity index (χ0v) is 12.8. The highest BCUT2D eigenvalue weighted by Gasteiger charge is 2.14. The van der Waals surface area contributed by atoms with Crippen molar-refractivity contribution in [2.75, 3.05) is 13.2 Å². The van der Waals surface area contributed by atoms with Crippen LogP contribution in [0.3, 0.4) is 0 Å². The van der Waals surface area contributed by atoms with E-state index in [1.807, 2.05) is 0 Å². The van der Waals surface area contributed by atoms with Gasteiger partial charge in [-0.1, -0.05) is 31.7 Å². The zero-order chi connectivity index (χ0) is 15.8. The first kappa shape index (κ1) is 16.3. The lowest BCUT2D eigenvalue weighted by Crippen LogP contribution is -2.25. The average molecular weight is 304 g/mol. The van der Waals surface area contributed by atoms with E-state index in [0.29, 0.717) is 17.9 Å². The Labute approximate surface area is 131 Å². The summed E-state index contributed by atoms with van der Waals surface area (Å²) >= 11 is 0. The molecule has 0 spiro atoms. The van der Waals surface area contributed by atoms with E-state index in [1.165, 1.54) is 32.1 Å². The van der Waals surface area contributed by atoms with Crippen LogP contribution in [0.1, 0.15) is 48.9 Å². The highest BCUT2D eigenvalue weighted by Crippen LogP contribution is 2.28. The molecule has 0 saturated heterocycles. The summed E-state index contributed by atoms with van der Waals surface area (Å²) in [5.74, 6) is 0.664. The minimum atomic E-state index is -0.540. The molecule has 2 rings (SSSR count). The molecule has 1 aromatic carbocycles. The SMILES string of the molecule is NC(=O)COc1cccc(C(=O)NCCCC2CCCC2)c1. The largest absolute Gasteiger partial charge is 0.484 e. The van der Waals surface area contributed by atoms with Crippen molar-refractivity contribution in [3.8, 4) is 5.75 Å². The first-order valence-corrected chi connectivity index (χ1v) is 7.94. The maximum absolute atomic E-state index is 12.1. The molecule has 0 heterocycles. The molecule has 5 heteroatoms. The molecule has 0 atom stereocenters. The van der Waals surface area contributed by atoms with Gasteiger partial charge in [0.15, 0.2) is 6.61 Å². The van der Waals surface area contributed by atoms with Gasteiger partial charge in [-0.25, -0.2) is 0 Å². The molecule has 2 amide bonds. The van der Waals surface area contributed by atoms with Crippen LogP contribution in [0.5, 0.6) is 5.75 Å². The van der Waals surface area contributed by atoms with Crippen molar-refractivity contribution < 1.29 is 14.3 Å². The molecule has 0 bridgehead atoms. The van der Waals surface area contributed by atoms with Gasteiger partial charge in [-0.05, 0) is 37.0 Å². The van der Waals surface area contributed by atoms with Gasteiger partial charge in [-0.15, -0.1) is 0 Å². The number of hydrogen-bond donors (Lipinski definition) is 2. The van der Waals surface area contributed by atoms with E-state index in [4.69, 9.17) is 10.5 Å². The van der Waals surface area contributed by atoms with Gasteiger partial charge >= 0.3 is 0 Å². The first-order valence-electron chi connectivity index (χ1n) is 7.94. The van der Waals surface area contributed by atoms with Gasteiger partial charge in [0, 0.05) is 12.1 Å². The topological polar surface area (TPSA) is 81.4 Å². The van der Waals surface area contributed by atoms with Crippen LogP contribution in [0, 0.1) is 5.92 Å². The second kappa shape index (κ2) is 8.41. The van der Waals surface area contributed by atoms with E-state index in [9.17, 15) is 9.59 Å². The molecule has 1 aromatic rings. The number of hydrogen-bond acceptors (Lipinski definition) is 3. The number of benzene rings is 1. The molecule has 1 fully saturated rings. The first-order chi connectivity index (χ1) is 10.6. The van der Waals surface area contributed by atoms with Gasteiger partial charge < -0.3 is 15.8 Å². The predicted octanol–water partition coefficient (Wildman–Crippen LogP) is 2.25. The second-order valence-corrected chi connectivity index (χ2v) is 5.83. The van der Waals surface area contributed by atoms with E-state index in [2.05, 4.69) is 5.32 Å². The van der Waals surface area contributed by atoms with Crippen LogP contribution in [0.15, 0.2) is 24.3 Å². The van der Waals surface area contributed by atoms with Crippen molar-refractivity contribution in [1.29, 1.82) is 0 Å². The Morgan fingerprint density at radius 2 is 2.05 bits per heavy atom. The van der Waals surface area contributed by atoms with Crippen molar-refractivity contribution >= 4 is 11.8 Å². The molecule has 1 aliphatic rings. The third kappa shape index (κ3) is 5.39. The van der Waals surface area contributed by atoms with E-state index in [-0.39, 0.29) is 12.5 Å². The summed E-state index contributed by atoms with van der Waals surface area (Å²) in [4.78, 5) is 22.8. The lowest BCUT2D eigenvalue weighted by Gasteiger charge is -2.10. The van der Waals surface area contributed by atoms with Gasteiger partial charge in [0.05, 0.1) is 0 Å². The number of carbonyl (C=O) groups is 2. The van der Waals surface area contributed by atoms with Gasteiger partial charge in [-0.3, -0.25) is 9.59 Å². The third-order valence-corrected chi connectivity index (χ3v) is 4.03. The van der Waals surface area contributed by atoms with E-state index < -0.39 is 5.91 Å². The highest BCUT2D eigenvalue weighted by atomic mass is 16.5. The Bertz CT molecular complexity index is 510. The van der Waals surface area contributed by atoms with Crippen molar-refractivity contribution in [1.82, 2.24) is 5.32 Å². The third-order valence-electron chi connectivity index (χ3n) is 4.03. The molecule has 1 saturated carbocycles. The zero-order valence-electron chi connectivity index (χ0n) is 12.8. The molecular formula is C17H24N2O3. The van der Waals surface area contributed by atoms with Gasteiger partial charge in [0.2, 0.25) is 0 Å². The summed E-state index contributed by atoms with van der Waals surface area (Å²) < 4.78 is 5.20. The van der Waals surface area contributed by atoms with E-state index >= 15 is 0 Å². The number of amides is 2. The van der Waals surface area contributed by atoms with Gasteiger partial charge in [0.25, 0.3) is 11.8 Å². The monoisotopic (exact) mass is 304 g/mol. The number of ether oxygens (including phenoxy) is 1. The predicted molar refractivity (Wildman–Crippen MR) is 84.7 cm³/mol. The summed E-state index contributed by atoms with van der Waals surface area (Å²) in [5, 5.41) is 2.93.